The van der Waals surface area contributed by atoms with Crippen LogP contribution in [0.25, 0.3) is 0 Å². The van der Waals surface area contributed by atoms with Crippen LogP contribution in [0.1, 0.15) is 27.9 Å². The average molecular weight is 312 g/mol. The second-order valence-electron chi connectivity index (χ2n) is 5.28. The van der Waals surface area contributed by atoms with Crippen molar-refractivity contribution in [2.24, 2.45) is 0 Å². The van der Waals surface area contributed by atoms with Crippen molar-refractivity contribution >= 4 is 11.9 Å². The quantitative estimate of drug-likeness (QED) is 0.769. The van der Waals surface area contributed by atoms with Crippen LogP contribution < -0.4 is 0 Å². The van der Waals surface area contributed by atoms with Gasteiger partial charge in [0, 0.05) is 31.0 Å². The van der Waals surface area contributed by atoms with Gasteiger partial charge >= 0.3 is 5.97 Å². The summed E-state index contributed by atoms with van der Waals surface area (Å²) in [6.07, 6.45) is 3.54. The van der Waals surface area contributed by atoms with Crippen molar-refractivity contribution < 1.29 is 14.3 Å². The molecule has 0 aliphatic carbocycles. The fourth-order valence-corrected chi connectivity index (χ4v) is 2.25. The minimum Gasteiger partial charge on any atom is -0.469 e. The standard InChI is InChI=1S/C18H20N2O3/c1-14-4-3-5-16(12-14)18(22)20(11-8-17(21)23-2)13-15-6-9-19-10-7-15/h3-7,9-10,12H,8,11,13H2,1-2H3. The van der Waals surface area contributed by atoms with Crippen LogP contribution in [0, 0.1) is 6.92 Å². The number of benzene rings is 1. The lowest BCUT2D eigenvalue weighted by Crippen LogP contribution is -2.32. The first kappa shape index (κ1) is 16.7. The van der Waals surface area contributed by atoms with Gasteiger partial charge in [0.2, 0.25) is 0 Å². The zero-order valence-electron chi connectivity index (χ0n) is 13.4. The van der Waals surface area contributed by atoms with Crippen molar-refractivity contribution in [1.29, 1.82) is 0 Å². The summed E-state index contributed by atoms with van der Waals surface area (Å²) in [6.45, 7) is 2.67. The third kappa shape index (κ3) is 4.92. The molecular weight excluding hydrogens is 292 g/mol. The number of pyridine rings is 1. The number of amides is 1. The van der Waals surface area contributed by atoms with Crippen molar-refractivity contribution in [3.05, 3.63) is 65.5 Å². The molecule has 1 amide bonds. The van der Waals surface area contributed by atoms with Crippen LogP contribution in [0.3, 0.4) is 0 Å². The van der Waals surface area contributed by atoms with Gasteiger partial charge in [-0.3, -0.25) is 14.6 Å². The molecule has 0 fully saturated rings. The van der Waals surface area contributed by atoms with Gasteiger partial charge in [-0.1, -0.05) is 17.7 Å². The van der Waals surface area contributed by atoms with Gasteiger partial charge in [-0.15, -0.1) is 0 Å². The Balaban J connectivity index is 2.17. The van der Waals surface area contributed by atoms with Crippen molar-refractivity contribution in [2.75, 3.05) is 13.7 Å². The summed E-state index contributed by atoms with van der Waals surface area (Å²) < 4.78 is 4.67. The second kappa shape index (κ2) is 8.08. The number of nitrogens with zero attached hydrogens (tertiary/aromatic N) is 2. The fraction of sp³-hybridized carbons (Fsp3) is 0.278. The van der Waals surface area contributed by atoms with Crippen LogP contribution in [0.4, 0.5) is 0 Å². The van der Waals surface area contributed by atoms with Gasteiger partial charge in [0.15, 0.2) is 0 Å². The number of esters is 1. The number of aryl methyl sites for hydroxylation is 1. The molecule has 0 bridgehead atoms. The predicted molar refractivity (Wildman–Crippen MR) is 86.8 cm³/mol. The normalized spacial score (nSPS) is 10.2. The van der Waals surface area contributed by atoms with E-state index in [2.05, 4.69) is 9.72 Å². The molecule has 5 heteroatoms. The van der Waals surface area contributed by atoms with Crippen LogP contribution >= 0.6 is 0 Å². The number of hydrogen-bond acceptors (Lipinski definition) is 4. The average Bonchev–Trinajstić information content (AvgIpc) is 2.58. The molecule has 2 aromatic rings. The van der Waals surface area contributed by atoms with Gasteiger partial charge in [-0.05, 0) is 36.8 Å². The van der Waals surface area contributed by atoms with Crippen molar-refractivity contribution in [3.8, 4) is 0 Å². The molecule has 0 N–H and O–H groups in total. The van der Waals surface area contributed by atoms with E-state index in [0.29, 0.717) is 18.7 Å². The molecule has 120 valence electrons. The van der Waals surface area contributed by atoms with E-state index in [1.165, 1.54) is 7.11 Å². The minimum atomic E-state index is -0.332. The largest absolute Gasteiger partial charge is 0.469 e. The highest BCUT2D eigenvalue weighted by molar-refractivity contribution is 5.94. The number of methoxy groups -OCH3 is 1. The fourth-order valence-electron chi connectivity index (χ4n) is 2.25. The summed E-state index contributed by atoms with van der Waals surface area (Å²) in [6, 6.07) is 11.1. The summed E-state index contributed by atoms with van der Waals surface area (Å²) in [4.78, 5) is 29.8. The molecule has 0 spiro atoms. The number of rotatable bonds is 6. The Kier molecular flexibility index (Phi) is 5.86. The molecule has 1 heterocycles. The van der Waals surface area contributed by atoms with E-state index in [-0.39, 0.29) is 18.3 Å². The highest BCUT2D eigenvalue weighted by Crippen LogP contribution is 2.12. The summed E-state index contributed by atoms with van der Waals surface area (Å²) in [5, 5.41) is 0. The molecule has 0 radical (unpaired) electrons. The van der Waals surface area contributed by atoms with Crippen LogP contribution in [-0.2, 0) is 16.1 Å². The first-order valence-corrected chi connectivity index (χ1v) is 7.42. The Morgan fingerprint density at radius 3 is 2.57 bits per heavy atom. The van der Waals surface area contributed by atoms with Gasteiger partial charge in [0.1, 0.15) is 0 Å². The lowest BCUT2D eigenvalue weighted by atomic mass is 10.1. The molecule has 0 atom stereocenters. The van der Waals surface area contributed by atoms with Crippen molar-refractivity contribution in [2.45, 2.75) is 19.9 Å². The second-order valence-corrected chi connectivity index (χ2v) is 5.28. The van der Waals surface area contributed by atoms with E-state index in [0.717, 1.165) is 11.1 Å². The highest BCUT2D eigenvalue weighted by atomic mass is 16.5. The van der Waals surface area contributed by atoms with Crippen molar-refractivity contribution in [1.82, 2.24) is 9.88 Å². The summed E-state index contributed by atoms with van der Waals surface area (Å²) in [5.41, 5.74) is 2.60. The first-order valence-electron chi connectivity index (χ1n) is 7.42. The van der Waals surface area contributed by atoms with Gasteiger partial charge < -0.3 is 9.64 Å². The Labute approximate surface area is 135 Å². The number of carbonyl (C=O) groups excluding carboxylic acids is 2. The molecule has 1 aromatic carbocycles. The van der Waals surface area contributed by atoms with E-state index < -0.39 is 0 Å². The number of hydrogen-bond donors (Lipinski definition) is 0. The van der Waals surface area contributed by atoms with E-state index in [9.17, 15) is 9.59 Å². The molecule has 0 saturated heterocycles. The Morgan fingerprint density at radius 2 is 1.91 bits per heavy atom. The zero-order chi connectivity index (χ0) is 16.7. The lowest BCUT2D eigenvalue weighted by Gasteiger charge is -2.22. The summed E-state index contributed by atoms with van der Waals surface area (Å²) in [5.74, 6) is -0.434. The third-order valence-corrected chi connectivity index (χ3v) is 3.49. The van der Waals surface area contributed by atoms with E-state index in [1.807, 2.05) is 37.3 Å². The van der Waals surface area contributed by atoms with Crippen molar-refractivity contribution in [3.63, 3.8) is 0 Å². The van der Waals surface area contributed by atoms with Crippen LogP contribution in [-0.4, -0.2) is 35.4 Å². The van der Waals surface area contributed by atoms with Crippen LogP contribution in [0.5, 0.6) is 0 Å². The summed E-state index contributed by atoms with van der Waals surface area (Å²) >= 11 is 0. The molecule has 23 heavy (non-hydrogen) atoms. The molecular formula is C18H20N2O3. The Hall–Kier alpha value is -2.69. The van der Waals surface area contributed by atoms with Gasteiger partial charge in [0.05, 0.1) is 13.5 Å². The van der Waals surface area contributed by atoms with E-state index in [4.69, 9.17) is 0 Å². The van der Waals surface area contributed by atoms with Gasteiger partial charge in [-0.25, -0.2) is 0 Å². The molecule has 0 unspecified atom stereocenters. The molecule has 5 nitrogen and oxygen atoms in total. The Morgan fingerprint density at radius 1 is 1.17 bits per heavy atom. The number of aromatic nitrogens is 1. The molecule has 0 aliphatic rings. The smallest absolute Gasteiger partial charge is 0.307 e. The molecule has 1 aromatic heterocycles. The maximum Gasteiger partial charge on any atom is 0.307 e. The minimum absolute atomic E-state index is 0.102. The molecule has 0 saturated carbocycles. The van der Waals surface area contributed by atoms with E-state index in [1.54, 1.807) is 23.4 Å². The SMILES string of the molecule is COC(=O)CCN(Cc1ccncc1)C(=O)c1cccc(C)c1. The van der Waals surface area contributed by atoms with E-state index >= 15 is 0 Å². The van der Waals surface area contributed by atoms with Crippen LogP contribution in [0.15, 0.2) is 48.8 Å². The maximum atomic E-state index is 12.8. The molecule has 0 aliphatic heterocycles. The molecule has 2 rings (SSSR count). The number of carbonyl (C=O) groups is 2. The topological polar surface area (TPSA) is 59.5 Å². The number of ether oxygens (including phenoxy) is 1. The monoisotopic (exact) mass is 312 g/mol. The summed E-state index contributed by atoms with van der Waals surface area (Å²) in [7, 11) is 1.35. The predicted octanol–water partition coefficient (Wildman–Crippen LogP) is 2.60. The Bertz CT molecular complexity index is 671. The zero-order valence-corrected chi connectivity index (χ0v) is 13.4. The van der Waals surface area contributed by atoms with Gasteiger partial charge in [-0.2, -0.15) is 0 Å². The highest BCUT2D eigenvalue weighted by Gasteiger charge is 2.17. The third-order valence-electron chi connectivity index (χ3n) is 3.49. The first-order chi connectivity index (χ1) is 11.1. The van der Waals surface area contributed by atoms with Crippen LogP contribution in [0.2, 0.25) is 0 Å². The maximum absolute atomic E-state index is 12.8. The van der Waals surface area contributed by atoms with Gasteiger partial charge in [0.25, 0.3) is 5.91 Å². The lowest BCUT2D eigenvalue weighted by molar-refractivity contribution is -0.140.